The number of hydrogen-bond acceptors (Lipinski definition) is 7. The van der Waals surface area contributed by atoms with Crippen LogP contribution in [0.25, 0.3) is 10.9 Å². The highest BCUT2D eigenvalue weighted by Crippen LogP contribution is 2.40. The van der Waals surface area contributed by atoms with E-state index in [-0.39, 0.29) is 11.7 Å². The molecular formula is C20H19N3O5. The summed E-state index contributed by atoms with van der Waals surface area (Å²) in [5.41, 5.74) is 1.68. The Labute approximate surface area is 161 Å². The average Bonchev–Trinajstić information content (AvgIpc) is 3.11. The van der Waals surface area contributed by atoms with Gasteiger partial charge in [-0.2, -0.15) is 0 Å². The van der Waals surface area contributed by atoms with E-state index in [1.165, 1.54) is 12.1 Å². The van der Waals surface area contributed by atoms with Crippen LogP contribution in [0.4, 0.5) is 11.5 Å². The SMILES string of the molecule is COCCOc1cccc2c1C(Nc1ccc3cc([N+](=O)[O-])ccc3n1)CO2. The number of rotatable bonds is 7. The van der Waals surface area contributed by atoms with Crippen LogP contribution in [-0.2, 0) is 4.74 Å². The maximum absolute atomic E-state index is 10.9. The van der Waals surface area contributed by atoms with Gasteiger partial charge in [-0.3, -0.25) is 10.1 Å². The van der Waals surface area contributed by atoms with Gasteiger partial charge in [0.25, 0.3) is 5.69 Å². The zero-order valence-electron chi connectivity index (χ0n) is 15.3. The maximum atomic E-state index is 10.9. The zero-order chi connectivity index (χ0) is 19.5. The molecule has 8 heteroatoms. The number of fused-ring (bicyclic) bond motifs is 2. The van der Waals surface area contributed by atoms with Crippen LogP contribution in [0.3, 0.4) is 0 Å². The maximum Gasteiger partial charge on any atom is 0.270 e. The molecule has 1 atom stereocenters. The Morgan fingerprint density at radius 3 is 2.96 bits per heavy atom. The predicted octanol–water partition coefficient (Wildman–Crippen LogP) is 3.71. The lowest BCUT2D eigenvalue weighted by atomic mass is 10.1. The van der Waals surface area contributed by atoms with Crippen molar-refractivity contribution in [3.8, 4) is 11.5 Å². The van der Waals surface area contributed by atoms with Gasteiger partial charge < -0.3 is 19.5 Å². The van der Waals surface area contributed by atoms with Crippen molar-refractivity contribution >= 4 is 22.4 Å². The first-order valence-electron chi connectivity index (χ1n) is 8.85. The molecule has 0 saturated heterocycles. The summed E-state index contributed by atoms with van der Waals surface area (Å²) in [4.78, 5) is 15.1. The second kappa shape index (κ2) is 7.69. The first-order chi connectivity index (χ1) is 13.7. The highest BCUT2D eigenvalue weighted by atomic mass is 16.6. The molecule has 2 heterocycles. The number of hydrogen-bond donors (Lipinski definition) is 1. The molecule has 0 radical (unpaired) electrons. The van der Waals surface area contributed by atoms with Gasteiger partial charge in [-0.15, -0.1) is 0 Å². The molecule has 1 aromatic heterocycles. The van der Waals surface area contributed by atoms with Crippen LogP contribution >= 0.6 is 0 Å². The Morgan fingerprint density at radius 1 is 1.25 bits per heavy atom. The van der Waals surface area contributed by atoms with Crippen molar-refractivity contribution in [3.63, 3.8) is 0 Å². The summed E-state index contributed by atoms with van der Waals surface area (Å²) >= 11 is 0. The third kappa shape index (κ3) is 3.54. The highest BCUT2D eigenvalue weighted by Gasteiger charge is 2.28. The largest absolute Gasteiger partial charge is 0.491 e. The molecule has 1 N–H and O–H groups in total. The van der Waals surface area contributed by atoms with Gasteiger partial charge in [0.2, 0.25) is 0 Å². The van der Waals surface area contributed by atoms with E-state index < -0.39 is 4.92 Å². The lowest BCUT2D eigenvalue weighted by Gasteiger charge is -2.16. The van der Waals surface area contributed by atoms with E-state index in [0.29, 0.717) is 36.5 Å². The quantitative estimate of drug-likeness (QED) is 0.378. The van der Waals surface area contributed by atoms with Crippen LogP contribution in [0.2, 0.25) is 0 Å². The van der Waals surface area contributed by atoms with E-state index in [9.17, 15) is 10.1 Å². The number of nitrogens with one attached hydrogen (secondary N) is 1. The summed E-state index contributed by atoms with van der Waals surface area (Å²) in [5, 5.41) is 15.0. The minimum Gasteiger partial charge on any atom is -0.491 e. The first kappa shape index (κ1) is 18.0. The first-order valence-corrected chi connectivity index (χ1v) is 8.85. The molecule has 8 nitrogen and oxygen atoms in total. The van der Waals surface area contributed by atoms with Gasteiger partial charge in [-0.05, 0) is 30.3 Å². The smallest absolute Gasteiger partial charge is 0.270 e. The number of pyridine rings is 1. The molecule has 0 aliphatic carbocycles. The van der Waals surface area contributed by atoms with Crippen molar-refractivity contribution in [3.05, 3.63) is 64.2 Å². The van der Waals surface area contributed by atoms with E-state index in [1.54, 1.807) is 19.2 Å². The molecule has 0 amide bonds. The third-order valence-electron chi connectivity index (χ3n) is 4.53. The Morgan fingerprint density at radius 2 is 2.14 bits per heavy atom. The van der Waals surface area contributed by atoms with Gasteiger partial charge in [0.1, 0.15) is 30.5 Å². The van der Waals surface area contributed by atoms with Crippen molar-refractivity contribution in [1.29, 1.82) is 0 Å². The molecule has 144 valence electrons. The van der Waals surface area contributed by atoms with E-state index >= 15 is 0 Å². The number of non-ortho nitro benzene ring substituents is 1. The summed E-state index contributed by atoms with van der Waals surface area (Å²) in [7, 11) is 1.63. The molecule has 3 aromatic rings. The summed E-state index contributed by atoms with van der Waals surface area (Å²) in [6, 6.07) is 13.8. The molecule has 2 aromatic carbocycles. The fourth-order valence-corrected chi connectivity index (χ4v) is 3.21. The minimum absolute atomic E-state index is 0.0472. The fraction of sp³-hybridized carbons (Fsp3) is 0.250. The van der Waals surface area contributed by atoms with Gasteiger partial charge in [0.05, 0.1) is 28.7 Å². The van der Waals surface area contributed by atoms with E-state index in [1.807, 2.05) is 24.3 Å². The summed E-state index contributed by atoms with van der Waals surface area (Å²) < 4.78 is 16.7. The summed E-state index contributed by atoms with van der Waals surface area (Å²) in [5.74, 6) is 2.19. The normalized spacial score (nSPS) is 15.1. The zero-order valence-corrected chi connectivity index (χ0v) is 15.3. The van der Waals surface area contributed by atoms with Crippen LogP contribution < -0.4 is 14.8 Å². The number of ether oxygens (including phenoxy) is 3. The lowest BCUT2D eigenvalue weighted by molar-refractivity contribution is -0.384. The van der Waals surface area contributed by atoms with Crippen molar-refractivity contribution in [1.82, 2.24) is 4.98 Å². The number of nitrogens with zero attached hydrogens (tertiary/aromatic N) is 2. The number of nitro benzene ring substituents is 1. The standard InChI is InChI=1S/C20H19N3O5/c1-26-9-10-27-17-3-2-4-18-20(17)16(12-28-18)22-19-8-5-13-11-14(23(24)25)6-7-15(13)21-19/h2-8,11,16H,9-10,12H2,1H3,(H,21,22). The van der Waals surface area contributed by atoms with Gasteiger partial charge in [-0.1, -0.05) is 6.07 Å². The molecule has 0 fully saturated rings. The minimum atomic E-state index is -0.413. The molecule has 0 saturated carbocycles. The van der Waals surface area contributed by atoms with Crippen LogP contribution in [0.1, 0.15) is 11.6 Å². The summed E-state index contributed by atoms with van der Waals surface area (Å²) in [6.45, 7) is 1.41. The van der Waals surface area contributed by atoms with Crippen LogP contribution in [0.5, 0.6) is 11.5 Å². The van der Waals surface area contributed by atoms with E-state index in [0.717, 1.165) is 17.1 Å². The fourth-order valence-electron chi connectivity index (χ4n) is 3.21. The second-order valence-electron chi connectivity index (χ2n) is 6.35. The van der Waals surface area contributed by atoms with E-state index in [4.69, 9.17) is 14.2 Å². The molecule has 1 aliphatic rings. The number of aromatic nitrogens is 1. The molecule has 0 bridgehead atoms. The Hall–Kier alpha value is -3.39. The Kier molecular flexibility index (Phi) is 4.94. The van der Waals surface area contributed by atoms with E-state index in [2.05, 4.69) is 10.3 Å². The van der Waals surface area contributed by atoms with Crippen molar-refractivity contribution in [2.45, 2.75) is 6.04 Å². The molecular weight excluding hydrogens is 362 g/mol. The number of benzene rings is 2. The number of anilines is 1. The molecule has 28 heavy (non-hydrogen) atoms. The summed E-state index contributed by atoms with van der Waals surface area (Å²) in [6.07, 6.45) is 0. The third-order valence-corrected chi connectivity index (χ3v) is 4.53. The van der Waals surface area contributed by atoms with Crippen LogP contribution in [0, 0.1) is 10.1 Å². The van der Waals surface area contributed by atoms with Crippen molar-refractivity contribution in [2.24, 2.45) is 0 Å². The van der Waals surface area contributed by atoms with Crippen molar-refractivity contribution < 1.29 is 19.1 Å². The molecule has 1 unspecified atom stereocenters. The number of methoxy groups -OCH3 is 1. The van der Waals surface area contributed by atoms with Crippen molar-refractivity contribution in [2.75, 3.05) is 32.2 Å². The van der Waals surface area contributed by atoms with Gasteiger partial charge in [0.15, 0.2) is 0 Å². The van der Waals surface area contributed by atoms with Gasteiger partial charge in [0, 0.05) is 24.6 Å². The van der Waals surface area contributed by atoms with Crippen LogP contribution in [0.15, 0.2) is 48.5 Å². The Bertz CT molecular complexity index is 1020. The number of nitro groups is 1. The Balaban J connectivity index is 1.58. The molecule has 1 aliphatic heterocycles. The molecule has 4 rings (SSSR count). The van der Waals surface area contributed by atoms with Gasteiger partial charge in [-0.25, -0.2) is 4.98 Å². The van der Waals surface area contributed by atoms with Gasteiger partial charge >= 0.3 is 0 Å². The molecule has 0 spiro atoms. The highest BCUT2D eigenvalue weighted by molar-refractivity contribution is 5.82. The monoisotopic (exact) mass is 381 g/mol. The second-order valence-corrected chi connectivity index (χ2v) is 6.35. The lowest BCUT2D eigenvalue weighted by Crippen LogP contribution is -2.14. The van der Waals surface area contributed by atoms with Crippen LogP contribution in [-0.4, -0.2) is 36.8 Å². The topological polar surface area (TPSA) is 95.8 Å². The average molecular weight is 381 g/mol. The predicted molar refractivity (Wildman–Crippen MR) is 104 cm³/mol.